The molecule has 0 saturated carbocycles. The molecule has 0 aromatic heterocycles. The summed E-state index contributed by atoms with van der Waals surface area (Å²) < 4.78 is 25.6. The molecule has 6 atom stereocenters. The zero-order chi connectivity index (χ0) is 26.2. The lowest BCUT2D eigenvalue weighted by Crippen LogP contribution is -2.54. The average Bonchev–Trinajstić information content (AvgIpc) is 2.84. The third kappa shape index (κ3) is 4.72. The summed E-state index contributed by atoms with van der Waals surface area (Å²) in [5.74, 6) is 0.301. The van der Waals surface area contributed by atoms with Gasteiger partial charge in [-0.15, -0.1) is 0 Å². The van der Waals surface area contributed by atoms with Crippen molar-refractivity contribution in [1.29, 1.82) is 0 Å². The number of hydrogen-bond donors (Lipinski definition) is 0. The van der Waals surface area contributed by atoms with E-state index < -0.39 is 5.79 Å². The van der Waals surface area contributed by atoms with Crippen LogP contribution >= 0.6 is 15.9 Å². The maximum absolute atomic E-state index is 11.6. The monoisotopic (exact) mass is 558 g/mol. The molecule has 4 rings (SSSR count). The summed E-state index contributed by atoms with van der Waals surface area (Å²) in [6.07, 6.45) is 2.76. The van der Waals surface area contributed by atoms with Crippen molar-refractivity contribution in [2.24, 2.45) is 17.8 Å². The van der Waals surface area contributed by atoms with Crippen molar-refractivity contribution in [3.05, 3.63) is 62.6 Å². The predicted octanol–water partition coefficient (Wildman–Crippen LogP) is 6.77. The van der Waals surface area contributed by atoms with Crippen molar-refractivity contribution in [3.8, 4) is 5.75 Å². The summed E-state index contributed by atoms with van der Waals surface area (Å²) in [5, 5.41) is 0. The fourth-order valence-corrected chi connectivity index (χ4v) is 6.48. The van der Waals surface area contributed by atoms with Crippen LogP contribution in [0.25, 0.3) is 0 Å². The summed E-state index contributed by atoms with van der Waals surface area (Å²) in [4.78, 5) is 11.6. The largest absolute Gasteiger partial charge is 0.496 e. The first-order valence-corrected chi connectivity index (χ1v) is 13.8. The molecule has 2 aromatic carbocycles. The zero-order valence-electron chi connectivity index (χ0n) is 22.5. The second kappa shape index (κ2) is 10.8. The van der Waals surface area contributed by atoms with Crippen LogP contribution in [0.5, 0.6) is 5.75 Å². The Balaban J connectivity index is 1.83. The predicted molar refractivity (Wildman–Crippen MR) is 144 cm³/mol. The van der Waals surface area contributed by atoms with Gasteiger partial charge in [0.15, 0.2) is 0 Å². The molecule has 1 aliphatic heterocycles. The van der Waals surface area contributed by atoms with Gasteiger partial charge in [-0.2, -0.15) is 0 Å². The normalized spacial score (nSPS) is 29.3. The number of carbonyl (C=O) groups is 1. The van der Waals surface area contributed by atoms with E-state index in [1.54, 1.807) is 14.2 Å². The third-order valence-corrected chi connectivity index (χ3v) is 9.01. The molecule has 196 valence electrons. The van der Waals surface area contributed by atoms with Gasteiger partial charge in [0.2, 0.25) is 5.79 Å². The number of rotatable bonds is 8. The highest BCUT2D eigenvalue weighted by Gasteiger charge is 2.53. The maximum Gasteiger partial charge on any atom is 0.302 e. The highest BCUT2D eigenvalue weighted by Crippen LogP contribution is 2.52. The van der Waals surface area contributed by atoms with Crippen LogP contribution in [-0.2, 0) is 37.6 Å². The van der Waals surface area contributed by atoms with E-state index in [1.807, 2.05) is 0 Å². The number of ether oxygens (including phenoxy) is 4. The lowest BCUT2D eigenvalue weighted by Gasteiger charge is -2.51. The SMILES string of the molecule is CCCc1cc(OC)c(C2(OC)OC(COC(C)=O)C(C)C(C)C2C)cc1C1Cc2cc(Br)ccc21. The Hall–Kier alpha value is -1.89. The van der Waals surface area contributed by atoms with Gasteiger partial charge in [-0.1, -0.05) is 56.1 Å². The number of carbonyl (C=O) groups excluding carboxylic acids is 1. The summed E-state index contributed by atoms with van der Waals surface area (Å²) in [6, 6.07) is 11.0. The van der Waals surface area contributed by atoms with Crippen molar-refractivity contribution in [1.82, 2.24) is 0 Å². The molecule has 0 radical (unpaired) electrons. The molecule has 1 fully saturated rings. The van der Waals surface area contributed by atoms with Gasteiger partial charge in [-0.3, -0.25) is 4.79 Å². The van der Waals surface area contributed by atoms with Crippen molar-refractivity contribution in [2.45, 2.75) is 71.7 Å². The standard InChI is InChI=1S/C30H39BrO5/c1-8-9-21-14-28(33-6)27(15-25(21)26-13-22-12-23(31)10-11-24(22)26)30(34-7)19(4)17(2)18(3)29(36-30)16-35-20(5)32/h10-12,14-15,17-19,26,29H,8-9,13,16H2,1-7H3. The molecule has 0 amide bonds. The van der Waals surface area contributed by atoms with Crippen molar-refractivity contribution >= 4 is 21.9 Å². The van der Waals surface area contributed by atoms with Crippen LogP contribution in [0.4, 0.5) is 0 Å². The van der Waals surface area contributed by atoms with Crippen LogP contribution in [0.15, 0.2) is 34.8 Å². The van der Waals surface area contributed by atoms with E-state index in [1.165, 1.54) is 29.2 Å². The Kier molecular flexibility index (Phi) is 8.18. The van der Waals surface area contributed by atoms with E-state index in [-0.39, 0.29) is 36.4 Å². The first-order chi connectivity index (χ1) is 17.2. The minimum absolute atomic E-state index is 0.0504. The summed E-state index contributed by atoms with van der Waals surface area (Å²) >= 11 is 3.61. The van der Waals surface area contributed by atoms with Crippen LogP contribution in [0.3, 0.4) is 0 Å². The first-order valence-electron chi connectivity index (χ1n) is 13.0. The van der Waals surface area contributed by atoms with E-state index >= 15 is 0 Å². The van der Waals surface area contributed by atoms with Gasteiger partial charge in [0.25, 0.3) is 0 Å². The molecular weight excluding hydrogens is 520 g/mol. The third-order valence-electron chi connectivity index (χ3n) is 8.52. The van der Waals surface area contributed by atoms with Gasteiger partial charge < -0.3 is 18.9 Å². The minimum atomic E-state index is -1.02. The van der Waals surface area contributed by atoms with E-state index in [4.69, 9.17) is 18.9 Å². The Labute approximate surface area is 224 Å². The lowest BCUT2D eigenvalue weighted by atomic mass is 9.69. The number of aryl methyl sites for hydroxylation is 1. The van der Waals surface area contributed by atoms with E-state index in [2.05, 4.69) is 74.0 Å². The number of esters is 1. The van der Waals surface area contributed by atoms with Crippen molar-refractivity contribution in [2.75, 3.05) is 20.8 Å². The van der Waals surface area contributed by atoms with Crippen LogP contribution in [0.1, 0.15) is 74.8 Å². The molecule has 1 aliphatic carbocycles. The number of hydrogen-bond acceptors (Lipinski definition) is 5. The zero-order valence-corrected chi connectivity index (χ0v) is 24.1. The second-order valence-electron chi connectivity index (χ2n) is 10.4. The van der Waals surface area contributed by atoms with Gasteiger partial charge in [0.05, 0.1) is 18.8 Å². The van der Waals surface area contributed by atoms with Gasteiger partial charge in [0, 0.05) is 30.3 Å². The summed E-state index contributed by atoms with van der Waals surface area (Å²) in [5.41, 5.74) is 6.31. The molecule has 5 nitrogen and oxygen atoms in total. The van der Waals surface area contributed by atoms with E-state index in [0.29, 0.717) is 5.92 Å². The average molecular weight is 560 g/mol. The number of halogens is 1. The topological polar surface area (TPSA) is 54.0 Å². The summed E-state index contributed by atoms with van der Waals surface area (Å²) in [6.45, 7) is 10.4. The molecule has 0 bridgehead atoms. The molecule has 6 heteroatoms. The number of fused-ring (bicyclic) bond motifs is 1. The Bertz CT molecular complexity index is 1110. The van der Waals surface area contributed by atoms with Crippen molar-refractivity contribution in [3.63, 3.8) is 0 Å². The van der Waals surface area contributed by atoms with Gasteiger partial charge in [0.1, 0.15) is 12.4 Å². The quantitative estimate of drug-likeness (QED) is 0.334. The van der Waals surface area contributed by atoms with Crippen LogP contribution in [0, 0.1) is 17.8 Å². The molecule has 2 aliphatic rings. The van der Waals surface area contributed by atoms with E-state index in [9.17, 15) is 4.79 Å². The number of benzene rings is 2. The van der Waals surface area contributed by atoms with Gasteiger partial charge >= 0.3 is 5.97 Å². The lowest BCUT2D eigenvalue weighted by molar-refractivity contribution is -0.332. The fraction of sp³-hybridized carbons (Fsp3) is 0.567. The molecule has 36 heavy (non-hydrogen) atoms. The van der Waals surface area contributed by atoms with Crippen LogP contribution in [0.2, 0.25) is 0 Å². The second-order valence-corrected chi connectivity index (χ2v) is 11.4. The van der Waals surface area contributed by atoms with Gasteiger partial charge in [-0.25, -0.2) is 0 Å². The highest BCUT2D eigenvalue weighted by molar-refractivity contribution is 9.10. The molecule has 6 unspecified atom stereocenters. The fourth-order valence-electron chi connectivity index (χ4n) is 6.07. The number of methoxy groups -OCH3 is 2. The molecule has 2 aromatic rings. The van der Waals surface area contributed by atoms with E-state index in [0.717, 1.165) is 35.0 Å². The molecule has 0 N–H and O–H groups in total. The van der Waals surface area contributed by atoms with Gasteiger partial charge in [-0.05, 0) is 71.2 Å². The van der Waals surface area contributed by atoms with Crippen LogP contribution < -0.4 is 4.74 Å². The molecule has 1 saturated heterocycles. The minimum Gasteiger partial charge on any atom is -0.496 e. The Morgan fingerprint density at radius 1 is 1.11 bits per heavy atom. The van der Waals surface area contributed by atoms with Crippen molar-refractivity contribution < 1.29 is 23.7 Å². The van der Waals surface area contributed by atoms with Crippen LogP contribution in [-0.4, -0.2) is 32.9 Å². The smallest absolute Gasteiger partial charge is 0.302 e. The first kappa shape index (κ1) is 27.2. The maximum atomic E-state index is 11.6. The Morgan fingerprint density at radius 3 is 2.47 bits per heavy atom. The highest BCUT2D eigenvalue weighted by atomic mass is 79.9. The molecular formula is C30H39BrO5. The molecule has 1 heterocycles. The summed E-state index contributed by atoms with van der Waals surface area (Å²) in [7, 11) is 3.42. The molecule has 0 spiro atoms. The Morgan fingerprint density at radius 2 is 1.86 bits per heavy atom.